The van der Waals surface area contributed by atoms with E-state index in [2.05, 4.69) is 33.9 Å². The molecule has 2 atom stereocenters. The van der Waals surface area contributed by atoms with Crippen LogP contribution in [-0.4, -0.2) is 53.0 Å². The molecule has 0 bridgehead atoms. The summed E-state index contributed by atoms with van der Waals surface area (Å²) in [5.74, 6) is 2.24. The van der Waals surface area contributed by atoms with E-state index >= 15 is 0 Å². The van der Waals surface area contributed by atoms with E-state index in [9.17, 15) is 4.79 Å². The maximum atomic E-state index is 12.1. The maximum absolute atomic E-state index is 12.1. The first-order valence-electron chi connectivity index (χ1n) is 8.29. The van der Waals surface area contributed by atoms with Gasteiger partial charge in [0.15, 0.2) is 8.32 Å². The molecule has 22 heavy (non-hydrogen) atoms. The van der Waals surface area contributed by atoms with Crippen LogP contribution in [0.4, 0.5) is 4.79 Å². The maximum Gasteiger partial charge on any atom is 0.409 e. The summed E-state index contributed by atoms with van der Waals surface area (Å²) in [6.07, 6.45) is 2.89. The lowest BCUT2D eigenvalue weighted by atomic mass is 10.1. The van der Waals surface area contributed by atoms with Crippen molar-refractivity contribution in [1.82, 2.24) is 4.90 Å². The topological polar surface area (TPSA) is 38.8 Å². The van der Waals surface area contributed by atoms with Gasteiger partial charge in [0.1, 0.15) is 7.85 Å². The quantitative estimate of drug-likeness (QED) is 0.730. The molecule has 1 fully saturated rings. The Labute approximate surface area is 137 Å². The zero-order valence-corrected chi connectivity index (χ0v) is 16.3. The minimum absolute atomic E-state index is 0.154. The molecule has 0 aromatic heterocycles. The van der Waals surface area contributed by atoms with Crippen molar-refractivity contribution in [3.8, 4) is 0 Å². The van der Waals surface area contributed by atoms with Crippen molar-refractivity contribution < 1.29 is 14.0 Å². The highest BCUT2D eigenvalue weighted by molar-refractivity contribution is 6.74. The van der Waals surface area contributed by atoms with Crippen LogP contribution in [0.2, 0.25) is 18.1 Å². The fourth-order valence-corrected chi connectivity index (χ4v) is 3.64. The molecule has 0 aliphatic carbocycles. The molecule has 1 heterocycles. The van der Waals surface area contributed by atoms with Crippen LogP contribution in [0.3, 0.4) is 0 Å². The summed E-state index contributed by atoms with van der Waals surface area (Å²) in [7, 11) is 0.204. The first-order valence-corrected chi connectivity index (χ1v) is 11.2. The molecule has 0 aromatic carbocycles. The molecule has 1 rings (SSSR count). The molecule has 6 heteroatoms. The lowest BCUT2D eigenvalue weighted by Gasteiger charge is -2.38. The van der Waals surface area contributed by atoms with E-state index in [4.69, 9.17) is 9.16 Å². The molecule has 1 amide bonds. The van der Waals surface area contributed by atoms with E-state index in [1.807, 2.05) is 26.8 Å². The van der Waals surface area contributed by atoms with Gasteiger partial charge in [-0.1, -0.05) is 33.8 Å². The van der Waals surface area contributed by atoms with Gasteiger partial charge in [0.2, 0.25) is 0 Å². The second kappa shape index (κ2) is 7.69. The number of carbonyl (C=O) groups excluding carboxylic acids is 1. The van der Waals surface area contributed by atoms with Crippen molar-refractivity contribution in [2.75, 3.05) is 19.7 Å². The van der Waals surface area contributed by atoms with Crippen LogP contribution in [0.5, 0.6) is 0 Å². The standard InChI is InChI=1S/C16H32BNO3Si/c1-13(7-9-17)12-20-15(19)18-10-8-14(11-18)21-22(5,6)16(2,3)4/h7,9,13-14H,8,10-12,17H2,1-6H3/b9-7+/t13-,14?/m1/s1. The zero-order valence-electron chi connectivity index (χ0n) is 15.3. The first kappa shape index (κ1) is 19.3. The van der Waals surface area contributed by atoms with Gasteiger partial charge in [0.05, 0.1) is 12.7 Å². The Morgan fingerprint density at radius 1 is 1.45 bits per heavy atom. The van der Waals surface area contributed by atoms with E-state index in [1.165, 1.54) is 0 Å². The summed E-state index contributed by atoms with van der Waals surface area (Å²) in [5, 5.41) is 0.197. The Bertz CT molecular complexity index is 407. The molecule has 0 saturated carbocycles. The SMILES string of the molecule is B/C=C/[C@@H](C)COC(=O)N1CCC(O[Si](C)(C)C(C)(C)C)C1. The van der Waals surface area contributed by atoms with Gasteiger partial charge in [0.25, 0.3) is 0 Å². The highest BCUT2D eigenvalue weighted by Gasteiger charge is 2.41. The van der Waals surface area contributed by atoms with Crippen molar-refractivity contribution in [2.24, 2.45) is 5.92 Å². The molecule has 1 saturated heterocycles. The summed E-state index contributed by atoms with van der Waals surface area (Å²) < 4.78 is 11.8. The zero-order chi connectivity index (χ0) is 17.0. The molecule has 0 radical (unpaired) electrons. The molecule has 126 valence electrons. The lowest BCUT2D eigenvalue weighted by molar-refractivity contribution is 0.0969. The summed E-state index contributed by atoms with van der Waals surface area (Å²) >= 11 is 0. The van der Waals surface area contributed by atoms with Crippen LogP contribution < -0.4 is 0 Å². The minimum Gasteiger partial charge on any atom is -0.449 e. The van der Waals surface area contributed by atoms with Gasteiger partial charge >= 0.3 is 6.09 Å². The molecule has 0 N–H and O–H groups in total. The van der Waals surface area contributed by atoms with E-state index in [-0.39, 0.29) is 23.2 Å². The van der Waals surface area contributed by atoms with Gasteiger partial charge in [-0.2, -0.15) is 0 Å². The summed E-state index contributed by atoms with van der Waals surface area (Å²) in [6.45, 7) is 15.1. The highest BCUT2D eigenvalue weighted by Crippen LogP contribution is 2.38. The Hall–Kier alpha value is -0.748. The number of amides is 1. The summed E-state index contributed by atoms with van der Waals surface area (Å²) in [5.41, 5.74) is 0. The molecular formula is C16H32BNO3Si. The van der Waals surface area contributed by atoms with Gasteiger partial charge in [-0.25, -0.2) is 4.79 Å². The number of ether oxygens (including phenoxy) is 1. The van der Waals surface area contributed by atoms with Crippen LogP contribution in [0.15, 0.2) is 12.1 Å². The van der Waals surface area contributed by atoms with E-state index in [0.29, 0.717) is 13.2 Å². The van der Waals surface area contributed by atoms with Crippen LogP contribution in [-0.2, 0) is 9.16 Å². The van der Waals surface area contributed by atoms with Gasteiger partial charge < -0.3 is 14.1 Å². The molecule has 1 aliphatic rings. The number of carbonyl (C=O) groups is 1. The van der Waals surface area contributed by atoms with Crippen molar-refractivity contribution in [3.63, 3.8) is 0 Å². The Balaban J connectivity index is 2.44. The largest absolute Gasteiger partial charge is 0.449 e. The van der Waals surface area contributed by atoms with Crippen LogP contribution >= 0.6 is 0 Å². The smallest absolute Gasteiger partial charge is 0.409 e. The number of rotatable bonds is 5. The summed E-state index contributed by atoms with van der Waals surface area (Å²) in [4.78, 5) is 13.9. The second-order valence-corrected chi connectivity index (χ2v) is 12.6. The second-order valence-electron chi connectivity index (χ2n) is 7.81. The molecule has 4 nitrogen and oxygen atoms in total. The van der Waals surface area contributed by atoms with Crippen molar-refractivity contribution in [2.45, 2.75) is 58.4 Å². The third-order valence-corrected chi connectivity index (χ3v) is 9.20. The molecule has 1 unspecified atom stereocenters. The lowest BCUT2D eigenvalue weighted by Crippen LogP contribution is -2.44. The monoisotopic (exact) mass is 325 g/mol. The van der Waals surface area contributed by atoms with Gasteiger partial charge in [-0.3, -0.25) is 0 Å². The van der Waals surface area contributed by atoms with Crippen LogP contribution in [0.25, 0.3) is 0 Å². The number of hydrogen-bond acceptors (Lipinski definition) is 3. The van der Waals surface area contributed by atoms with Crippen molar-refractivity contribution >= 4 is 22.3 Å². The van der Waals surface area contributed by atoms with Gasteiger partial charge in [0, 0.05) is 19.0 Å². The third kappa shape index (κ3) is 5.47. The van der Waals surface area contributed by atoms with Crippen LogP contribution in [0, 0.1) is 5.92 Å². The van der Waals surface area contributed by atoms with Gasteiger partial charge in [-0.15, -0.1) is 5.98 Å². The first-order chi connectivity index (χ1) is 10.1. The Morgan fingerprint density at radius 2 is 2.09 bits per heavy atom. The normalized spacial score (nSPS) is 21.4. The Kier molecular flexibility index (Phi) is 6.74. The average molecular weight is 325 g/mol. The highest BCUT2D eigenvalue weighted by atomic mass is 28.4. The third-order valence-electron chi connectivity index (χ3n) is 4.66. The fraction of sp³-hybridized carbons (Fsp3) is 0.812. The Morgan fingerprint density at radius 3 is 2.64 bits per heavy atom. The molecular weight excluding hydrogens is 293 g/mol. The van der Waals surface area contributed by atoms with E-state index < -0.39 is 8.32 Å². The number of hydrogen-bond donors (Lipinski definition) is 0. The number of nitrogens with zero attached hydrogens (tertiary/aromatic N) is 1. The minimum atomic E-state index is -1.77. The molecule has 0 aromatic rings. The van der Waals surface area contributed by atoms with Crippen molar-refractivity contribution in [1.29, 1.82) is 0 Å². The average Bonchev–Trinajstić information content (AvgIpc) is 2.82. The fourth-order valence-electron chi connectivity index (χ4n) is 2.26. The van der Waals surface area contributed by atoms with Crippen LogP contribution in [0.1, 0.15) is 34.1 Å². The molecule has 1 aliphatic heterocycles. The van der Waals surface area contributed by atoms with E-state index in [1.54, 1.807) is 4.90 Å². The number of likely N-dealkylation sites (tertiary alicyclic amines) is 1. The van der Waals surface area contributed by atoms with Gasteiger partial charge in [-0.05, 0) is 24.6 Å². The van der Waals surface area contributed by atoms with E-state index in [0.717, 1.165) is 13.0 Å². The predicted molar refractivity (Wildman–Crippen MR) is 96.5 cm³/mol. The predicted octanol–water partition coefficient (Wildman–Crippen LogP) is 3.00. The summed E-state index contributed by atoms with van der Waals surface area (Å²) in [6, 6.07) is 0. The molecule has 0 spiro atoms. The van der Waals surface area contributed by atoms with Crippen molar-refractivity contribution in [3.05, 3.63) is 12.1 Å².